The van der Waals surface area contributed by atoms with Gasteiger partial charge in [0.25, 0.3) is 5.91 Å². The lowest BCUT2D eigenvalue weighted by atomic mass is 10.0. The van der Waals surface area contributed by atoms with Gasteiger partial charge in [-0.3, -0.25) is 24.0 Å². The molecule has 0 unspecified atom stereocenters. The van der Waals surface area contributed by atoms with Gasteiger partial charge in [0.1, 0.15) is 18.7 Å². The van der Waals surface area contributed by atoms with Crippen LogP contribution in [0, 0.1) is 5.92 Å². The van der Waals surface area contributed by atoms with E-state index in [1.54, 1.807) is 44.2 Å². The molecule has 1 aromatic rings. The number of carbonyl (C=O) groups excluding carboxylic acids is 5. The Hall–Kier alpha value is -3.67. The van der Waals surface area contributed by atoms with Gasteiger partial charge in [-0.25, -0.2) is 14.1 Å². The monoisotopic (exact) mass is 481 g/mol. The number of Topliss-reactive ketones (excluding diaryl/α,β-unsaturated/α-hetero) is 2. The minimum Gasteiger partial charge on any atom is -0.481 e. The van der Waals surface area contributed by atoms with Crippen LogP contribution in [0.25, 0.3) is 0 Å². The van der Waals surface area contributed by atoms with Crippen LogP contribution in [0.15, 0.2) is 30.3 Å². The Bertz CT molecular complexity index is 922. The van der Waals surface area contributed by atoms with E-state index in [-0.39, 0.29) is 17.4 Å². The summed E-state index contributed by atoms with van der Waals surface area (Å²) in [7, 11) is 0. The molecule has 4 N–H and O–H groups in total. The highest BCUT2D eigenvalue weighted by Crippen LogP contribution is 2.14. The van der Waals surface area contributed by atoms with Crippen molar-refractivity contribution in [1.82, 2.24) is 10.2 Å². The first kappa shape index (κ1) is 28.4. The van der Waals surface area contributed by atoms with Crippen molar-refractivity contribution in [2.45, 2.75) is 51.9 Å². The third-order valence-corrected chi connectivity index (χ3v) is 4.77. The minimum absolute atomic E-state index is 0.124. The van der Waals surface area contributed by atoms with Gasteiger partial charge >= 0.3 is 12.1 Å². The Labute approximate surface area is 195 Å². The zero-order valence-electron chi connectivity index (χ0n) is 19.0. The van der Waals surface area contributed by atoms with Crippen molar-refractivity contribution >= 4 is 35.4 Å². The number of halogens is 1. The number of hydrogen-bond acceptors (Lipinski definition) is 8. The normalized spacial score (nSPS) is 13.4. The average Bonchev–Trinajstić information content (AvgIpc) is 2.80. The quantitative estimate of drug-likeness (QED) is 0.361. The second-order valence-electron chi connectivity index (χ2n) is 7.78. The molecule has 3 amide bonds. The first-order valence-corrected chi connectivity index (χ1v) is 10.3. The van der Waals surface area contributed by atoms with E-state index >= 15 is 0 Å². The van der Waals surface area contributed by atoms with Gasteiger partial charge in [0.05, 0.1) is 12.5 Å². The van der Waals surface area contributed by atoms with E-state index in [4.69, 9.17) is 10.5 Å². The van der Waals surface area contributed by atoms with E-state index < -0.39 is 66.7 Å². The van der Waals surface area contributed by atoms with Crippen LogP contribution < -0.4 is 11.1 Å². The number of nitrogens with two attached hydrogens (primary N) is 1. The highest BCUT2D eigenvalue weighted by molar-refractivity contribution is 6.40. The van der Waals surface area contributed by atoms with Crippen LogP contribution in [-0.4, -0.2) is 70.2 Å². The number of nitrogens with zero attached hydrogens (tertiary/aromatic N) is 1. The molecule has 12 heteroatoms. The van der Waals surface area contributed by atoms with Crippen molar-refractivity contribution in [3.63, 3.8) is 0 Å². The number of carboxylic acids is 1. The second kappa shape index (κ2) is 13.1. The summed E-state index contributed by atoms with van der Waals surface area (Å²) in [5, 5.41) is 11.5. The number of carboxylic acid groups (broad SMARTS) is 1. The molecule has 0 saturated carbocycles. The molecule has 186 valence electrons. The topological polar surface area (TPSA) is 173 Å². The van der Waals surface area contributed by atoms with E-state index in [1.807, 2.05) is 0 Å². The SMILES string of the molecule is CC(C)[C@H](N)C(=O)N[C@@H](C)C(=O)N(C(=O)OCc1ccccc1)[C@@H](CC(=O)O)C(=O)C(=O)CF. The molecule has 0 bridgehead atoms. The molecular formula is C22H28FN3O8. The van der Waals surface area contributed by atoms with Crippen LogP contribution in [0.4, 0.5) is 9.18 Å². The molecule has 0 aliphatic heterocycles. The summed E-state index contributed by atoms with van der Waals surface area (Å²) in [5.74, 6) is -7.15. The van der Waals surface area contributed by atoms with Crippen molar-refractivity contribution in [3.8, 4) is 0 Å². The average molecular weight is 481 g/mol. The van der Waals surface area contributed by atoms with E-state index in [9.17, 15) is 38.3 Å². The fourth-order valence-electron chi connectivity index (χ4n) is 2.76. The summed E-state index contributed by atoms with van der Waals surface area (Å²) in [6.07, 6.45) is -2.63. The maximum atomic E-state index is 13.1. The number of rotatable bonds is 12. The van der Waals surface area contributed by atoms with Gasteiger partial charge in [-0.05, 0) is 18.4 Å². The molecule has 0 spiro atoms. The fraction of sp³-hybridized carbons (Fsp3) is 0.455. The predicted octanol–water partition coefficient (Wildman–Crippen LogP) is 0.591. The van der Waals surface area contributed by atoms with Crippen LogP contribution >= 0.6 is 0 Å². The Kier molecular flexibility index (Phi) is 11.0. The number of imide groups is 1. The lowest BCUT2D eigenvalue weighted by Gasteiger charge is -2.30. The van der Waals surface area contributed by atoms with Crippen molar-refractivity contribution in [2.24, 2.45) is 11.7 Å². The van der Waals surface area contributed by atoms with E-state index in [0.717, 1.165) is 0 Å². The third-order valence-electron chi connectivity index (χ3n) is 4.77. The largest absolute Gasteiger partial charge is 0.481 e. The van der Waals surface area contributed by atoms with Gasteiger partial charge in [-0.15, -0.1) is 0 Å². The lowest BCUT2D eigenvalue weighted by Crippen LogP contribution is -2.58. The van der Waals surface area contributed by atoms with Crippen molar-refractivity contribution in [3.05, 3.63) is 35.9 Å². The predicted molar refractivity (Wildman–Crippen MR) is 116 cm³/mol. The van der Waals surface area contributed by atoms with Gasteiger partial charge in [-0.1, -0.05) is 44.2 Å². The summed E-state index contributed by atoms with van der Waals surface area (Å²) in [6, 6.07) is 3.55. The highest BCUT2D eigenvalue weighted by Gasteiger charge is 2.42. The van der Waals surface area contributed by atoms with Gasteiger partial charge < -0.3 is 20.9 Å². The molecule has 0 aliphatic carbocycles. The molecule has 0 radical (unpaired) electrons. The number of amides is 3. The fourth-order valence-corrected chi connectivity index (χ4v) is 2.76. The molecule has 34 heavy (non-hydrogen) atoms. The summed E-state index contributed by atoms with van der Waals surface area (Å²) in [6.45, 7) is 2.38. The maximum absolute atomic E-state index is 13.1. The van der Waals surface area contributed by atoms with E-state index in [2.05, 4.69) is 5.32 Å². The van der Waals surface area contributed by atoms with Crippen LogP contribution in [-0.2, 0) is 35.3 Å². The van der Waals surface area contributed by atoms with Crippen LogP contribution in [0.3, 0.4) is 0 Å². The first-order chi connectivity index (χ1) is 15.9. The van der Waals surface area contributed by atoms with Crippen molar-refractivity contribution in [2.75, 3.05) is 6.67 Å². The highest BCUT2D eigenvalue weighted by atomic mass is 19.1. The first-order valence-electron chi connectivity index (χ1n) is 10.3. The molecule has 0 fully saturated rings. The lowest BCUT2D eigenvalue weighted by molar-refractivity contribution is -0.149. The Morgan fingerprint density at radius 1 is 1.09 bits per heavy atom. The number of aliphatic carboxylic acids is 1. The molecule has 0 heterocycles. The summed E-state index contributed by atoms with van der Waals surface area (Å²) in [5.41, 5.74) is 6.25. The van der Waals surface area contributed by atoms with Gasteiger partial charge in [-0.2, -0.15) is 0 Å². The molecule has 1 aromatic carbocycles. The van der Waals surface area contributed by atoms with Crippen LogP contribution in [0.2, 0.25) is 0 Å². The number of carbonyl (C=O) groups is 6. The molecule has 3 atom stereocenters. The van der Waals surface area contributed by atoms with E-state index in [0.29, 0.717) is 5.56 Å². The molecule has 1 rings (SSSR count). The molecule has 0 saturated heterocycles. The zero-order valence-corrected chi connectivity index (χ0v) is 19.0. The van der Waals surface area contributed by atoms with Crippen molar-refractivity contribution in [1.29, 1.82) is 0 Å². The summed E-state index contributed by atoms with van der Waals surface area (Å²) in [4.78, 5) is 73.7. The van der Waals surface area contributed by atoms with Gasteiger partial charge in [0, 0.05) is 0 Å². The smallest absolute Gasteiger partial charge is 0.417 e. The maximum Gasteiger partial charge on any atom is 0.417 e. The molecule has 0 aliphatic rings. The van der Waals surface area contributed by atoms with Gasteiger partial charge in [0.2, 0.25) is 17.5 Å². The number of nitrogens with one attached hydrogen (secondary N) is 1. The number of ketones is 2. The zero-order chi connectivity index (χ0) is 26.0. The van der Waals surface area contributed by atoms with Crippen LogP contribution in [0.5, 0.6) is 0 Å². The molecular weight excluding hydrogens is 453 g/mol. The summed E-state index contributed by atoms with van der Waals surface area (Å²) < 4.78 is 17.9. The van der Waals surface area contributed by atoms with Gasteiger partial charge in [0.15, 0.2) is 6.67 Å². The minimum atomic E-state index is -2.19. The number of benzene rings is 1. The number of ether oxygens (including phenoxy) is 1. The summed E-state index contributed by atoms with van der Waals surface area (Å²) >= 11 is 0. The van der Waals surface area contributed by atoms with E-state index in [1.165, 1.54) is 6.92 Å². The number of hydrogen-bond donors (Lipinski definition) is 3. The molecule has 0 aromatic heterocycles. The van der Waals surface area contributed by atoms with Crippen molar-refractivity contribution < 1.29 is 43.0 Å². The Morgan fingerprint density at radius 3 is 2.18 bits per heavy atom. The number of alkyl halides is 1. The second-order valence-corrected chi connectivity index (χ2v) is 7.78. The van der Waals surface area contributed by atoms with Crippen LogP contribution in [0.1, 0.15) is 32.8 Å². The Morgan fingerprint density at radius 2 is 1.68 bits per heavy atom. The third kappa shape index (κ3) is 8.03. The molecule has 11 nitrogen and oxygen atoms in total. The standard InChI is InChI=1S/C22H28FN3O8/c1-12(2)18(24)20(31)25-13(3)21(32)26(15(9-17(28)29)19(30)16(27)10-23)22(33)34-11-14-7-5-4-6-8-14/h4-8,12-13,15,18H,9-11,24H2,1-3H3,(H,25,31)(H,28,29)/t13-,15-,18-/m0/s1. The Balaban J connectivity index is 3.29.